The number of thioether (sulfide) groups is 1. The molecule has 1 aliphatic heterocycles. The van der Waals surface area contributed by atoms with Gasteiger partial charge in [0.05, 0.1) is 12.1 Å². The van der Waals surface area contributed by atoms with Gasteiger partial charge in [0, 0.05) is 5.75 Å². The summed E-state index contributed by atoms with van der Waals surface area (Å²) < 4.78 is 11.2. The molecule has 1 unspecified atom stereocenters. The number of hydrogen-bond donors (Lipinski definition) is 1. The van der Waals surface area contributed by atoms with Gasteiger partial charge in [-0.15, -0.1) is 0 Å². The number of rotatable bonds is 4. The molecule has 5 nitrogen and oxygen atoms in total. The van der Waals surface area contributed by atoms with Gasteiger partial charge >= 0.3 is 0 Å². The van der Waals surface area contributed by atoms with Gasteiger partial charge in [-0.2, -0.15) is 16.7 Å². The molecule has 106 valence electrons. The van der Waals surface area contributed by atoms with Gasteiger partial charge < -0.3 is 15.0 Å². The average molecular weight is 291 g/mol. The molecule has 1 aromatic heterocycles. The molecule has 2 N–H and O–H groups in total. The van der Waals surface area contributed by atoms with Crippen LogP contribution in [0.1, 0.15) is 18.7 Å². The topological polar surface area (TPSA) is 74.2 Å². The van der Waals surface area contributed by atoms with E-state index in [4.69, 9.17) is 15.0 Å². The Morgan fingerprint density at radius 1 is 1.40 bits per heavy atom. The third-order valence-electron chi connectivity index (χ3n) is 3.18. The molecule has 20 heavy (non-hydrogen) atoms. The first kappa shape index (κ1) is 13.5. The molecule has 1 atom stereocenters. The van der Waals surface area contributed by atoms with Crippen LogP contribution in [0.25, 0.3) is 11.4 Å². The molecule has 0 amide bonds. The number of para-hydroxylation sites is 1. The van der Waals surface area contributed by atoms with Crippen molar-refractivity contribution >= 4 is 11.8 Å². The standard InChI is InChI=1S/C14H17N3O2S/c15-8-13-16-14(17-19-13)11-5-1-2-6-12(11)18-10-4-3-7-20-9-10/h1-2,5-6,10H,3-4,7-9,15H2. The second-order valence-corrected chi connectivity index (χ2v) is 5.82. The zero-order valence-electron chi connectivity index (χ0n) is 11.1. The summed E-state index contributed by atoms with van der Waals surface area (Å²) in [5.41, 5.74) is 6.35. The smallest absolute Gasteiger partial charge is 0.240 e. The van der Waals surface area contributed by atoms with Crippen LogP contribution in [0.3, 0.4) is 0 Å². The lowest BCUT2D eigenvalue weighted by Crippen LogP contribution is -2.23. The summed E-state index contributed by atoms with van der Waals surface area (Å²) in [6.45, 7) is 0.245. The monoisotopic (exact) mass is 291 g/mol. The lowest BCUT2D eigenvalue weighted by Gasteiger charge is -2.23. The van der Waals surface area contributed by atoms with E-state index >= 15 is 0 Å². The third kappa shape index (κ3) is 2.96. The highest BCUT2D eigenvalue weighted by molar-refractivity contribution is 7.99. The van der Waals surface area contributed by atoms with Gasteiger partial charge in [-0.25, -0.2) is 0 Å². The minimum Gasteiger partial charge on any atom is -0.489 e. The molecule has 0 radical (unpaired) electrons. The summed E-state index contributed by atoms with van der Waals surface area (Å²) in [7, 11) is 0. The fourth-order valence-electron chi connectivity index (χ4n) is 2.18. The number of nitrogens with zero attached hydrogens (tertiary/aromatic N) is 2. The average Bonchev–Trinajstić information content (AvgIpc) is 2.98. The SMILES string of the molecule is NCc1nc(-c2ccccc2OC2CCCSC2)no1. The Hall–Kier alpha value is -1.53. The molecule has 1 fully saturated rings. The van der Waals surface area contributed by atoms with Crippen molar-refractivity contribution < 1.29 is 9.26 Å². The molecule has 1 aromatic carbocycles. The van der Waals surface area contributed by atoms with Crippen molar-refractivity contribution in [3.05, 3.63) is 30.2 Å². The fourth-order valence-corrected chi connectivity index (χ4v) is 3.22. The molecule has 3 rings (SSSR count). The highest BCUT2D eigenvalue weighted by Crippen LogP contribution is 2.30. The van der Waals surface area contributed by atoms with Gasteiger partial charge in [-0.05, 0) is 30.7 Å². The van der Waals surface area contributed by atoms with E-state index < -0.39 is 0 Å². The number of hydrogen-bond acceptors (Lipinski definition) is 6. The Labute approximate surface area is 121 Å². The summed E-state index contributed by atoms with van der Waals surface area (Å²) >= 11 is 1.94. The molecule has 0 bridgehead atoms. The third-order valence-corrected chi connectivity index (χ3v) is 4.37. The van der Waals surface area contributed by atoms with E-state index in [1.807, 2.05) is 36.0 Å². The maximum absolute atomic E-state index is 6.11. The lowest BCUT2D eigenvalue weighted by molar-refractivity contribution is 0.212. The van der Waals surface area contributed by atoms with Gasteiger partial charge in [-0.1, -0.05) is 17.3 Å². The lowest BCUT2D eigenvalue weighted by atomic mass is 10.1. The maximum atomic E-state index is 6.11. The maximum Gasteiger partial charge on any atom is 0.240 e. The van der Waals surface area contributed by atoms with Crippen LogP contribution in [0.15, 0.2) is 28.8 Å². The van der Waals surface area contributed by atoms with Crippen LogP contribution in [0.2, 0.25) is 0 Å². The summed E-state index contributed by atoms with van der Waals surface area (Å²) in [6.07, 6.45) is 2.56. The summed E-state index contributed by atoms with van der Waals surface area (Å²) in [5, 5.41) is 3.96. The largest absolute Gasteiger partial charge is 0.489 e. The first-order valence-electron chi connectivity index (χ1n) is 6.73. The highest BCUT2D eigenvalue weighted by Gasteiger charge is 2.19. The van der Waals surface area contributed by atoms with Crippen LogP contribution < -0.4 is 10.5 Å². The molecule has 0 aliphatic carbocycles. The molecular weight excluding hydrogens is 274 g/mol. The number of nitrogens with two attached hydrogens (primary N) is 1. The fraction of sp³-hybridized carbons (Fsp3) is 0.429. The molecule has 2 aromatic rings. The van der Waals surface area contributed by atoms with Crippen molar-refractivity contribution in [1.82, 2.24) is 10.1 Å². The van der Waals surface area contributed by atoms with E-state index in [1.54, 1.807) is 0 Å². The van der Waals surface area contributed by atoms with Crippen molar-refractivity contribution in [2.75, 3.05) is 11.5 Å². The van der Waals surface area contributed by atoms with Crippen molar-refractivity contribution in [2.24, 2.45) is 5.73 Å². The quantitative estimate of drug-likeness (QED) is 0.932. The molecule has 2 heterocycles. The molecule has 1 saturated heterocycles. The van der Waals surface area contributed by atoms with Gasteiger partial charge in [0.15, 0.2) is 0 Å². The minimum atomic E-state index is 0.245. The van der Waals surface area contributed by atoms with Crippen LogP contribution in [0, 0.1) is 0 Å². The molecular formula is C14H17N3O2S. The summed E-state index contributed by atoms with van der Waals surface area (Å²) in [4.78, 5) is 4.26. The van der Waals surface area contributed by atoms with E-state index in [0.717, 1.165) is 23.5 Å². The van der Waals surface area contributed by atoms with Crippen molar-refractivity contribution in [3.8, 4) is 17.1 Å². The van der Waals surface area contributed by atoms with E-state index in [-0.39, 0.29) is 12.6 Å². The first-order chi connectivity index (χ1) is 9.86. The predicted octanol–water partition coefficient (Wildman–Crippen LogP) is 2.47. The Bertz CT molecular complexity index is 567. The zero-order chi connectivity index (χ0) is 13.8. The van der Waals surface area contributed by atoms with E-state index in [9.17, 15) is 0 Å². The van der Waals surface area contributed by atoms with Gasteiger partial charge in [0.25, 0.3) is 0 Å². The van der Waals surface area contributed by atoms with Crippen LogP contribution in [0.4, 0.5) is 0 Å². The van der Waals surface area contributed by atoms with Crippen LogP contribution in [0.5, 0.6) is 5.75 Å². The van der Waals surface area contributed by atoms with Crippen LogP contribution in [-0.4, -0.2) is 27.8 Å². The van der Waals surface area contributed by atoms with E-state index in [2.05, 4.69) is 10.1 Å². The normalized spacial score (nSPS) is 18.9. The van der Waals surface area contributed by atoms with Crippen molar-refractivity contribution in [2.45, 2.75) is 25.5 Å². The van der Waals surface area contributed by atoms with Crippen molar-refractivity contribution in [1.29, 1.82) is 0 Å². The number of aromatic nitrogens is 2. The number of ether oxygens (including phenoxy) is 1. The van der Waals surface area contributed by atoms with Crippen LogP contribution in [-0.2, 0) is 6.54 Å². The summed E-state index contributed by atoms with van der Waals surface area (Å²) in [6, 6.07) is 7.79. The second kappa shape index (κ2) is 6.28. The first-order valence-corrected chi connectivity index (χ1v) is 7.89. The molecule has 1 aliphatic rings. The second-order valence-electron chi connectivity index (χ2n) is 4.67. The number of benzene rings is 1. The molecule has 0 spiro atoms. The Morgan fingerprint density at radius 3 is 3.05 bits per heavy atom. The molecule has 0 saturated carbocycles. The zero-order valence-corrected chi connectivity index (χ0v) is 11.9. The molecule has 6 heteroatoms. The van der Waals surface area contributed by atoms with Gasteiger partial charge in [0.1, 0.15) is 11.9 Å². The summed E-state index contributed by atoms with van der Waals surface area (Å²) in [5.74, 6) is 4.04. The van der Waals surface area contributed by atoms with Gasteiger partial charge in [-0.3, -0.25) is 0 Å². The van der Waals surface area contributed by atoms with Gasteiger partial charge in [0.2, 0.25) is 11.7 Å². The van der Waals surface area contributed by atoms with E-state index in [0.29, 0.717) is 11.7 Å². The highest BCUT2D eigenvalue weighted by atomic mass is 32.2. The Morgan fingerprint density at radius 2 is 2.30 bits per heavy atom. The van der Waals surface area contributed by atoms with Crippen LogP contribution >= 0.6 is 11.8 Å². The van der Waals surface area contributed by atoms with Crippen molar-refractivity contribution in [3.63, 3.8) is 0 Å². The Kier molecular flexibility index (Phi) is 4.22. The predicted molar refractivity (Wildman–Crippen MR) is 78.6 cm³/mol. The minimum absolute atomic E-state index is 0.245. The van der Waals surface area contributed by atoms with E-state index in [1.165, 1.54) is 12.2 Å². The Balaban J connectivity index is 1.83.